The summed E-state index contributed by atoms with van der Waals surface area (Å²) in [7, 11) is 0. The first kappa shape index (κ1) is 17.8. The molecule has 1 fully saturated rings. The predicted molar refractivity (Wildman–Crippen MR) is 101 cm³/mol. The Morgan fingerprint density at radius 1 is 0.926 bits per heavy atom. The zero-order valence-corrected chi connectivity index (χ0v) is 15.3. The number of rotatable bonds is 6. The molecule has 2 heterocycles. The van der Waals surface area contributed by atoms with E-state index in [4.69, 9.17) is 14.2 Å². The number of carbonyl (C=O) groups excluding carboxylic acids is 1. The highest BCUT2D eigenvalue weighted by Crippen LogP contribution is 2.32. The number of benzene rings is 2. The molecule has 6 heteroatoms. The van der Waals surface area contributed by atoms with Gasteiger partial charge in [0.2, 0.25) is 12.7 Å². The summed E-state index contributed by atoms with van der Waals surface area (Å²) in [5.74, 6) is 1.43. The van der Waals surface area contributed by atoms with Crippen molar-refractivity contribution in [1.82, 2.24) is 10.2 Å². The Bertz CT molecular complexity index is 785. The molecular weight excluding hydrogens is 344 g/mol. The van der Waals surface area contributed by atoms with Gasteiger partial charge in [0.25, 0.3) is 0 Å². The molecular formula is C21H24N2O4. The summed E-state index contributed by atoms with van der Waals surface area (Å²) >= 11 is 0. The first-order valence-corrected chi connectivity index (χ1v) is 9.29. The Morgan fingerprint density at radius 3 is 2.44 bits per heavy atom. The van der Waals surface area contributed by atoms with Gasteiger partial charge in [0.1, 0.15) is 0 Å². The van der Waals surface area contributed by atoms with Crippen LogP contribution in [0.4, 0.5) is 0 Å². The third kappa shape index (κ3) is 4.78. The lowest BCUT2D eigenvalue weighted by molar-refractivity contribution is -0.120. The molecule has 1 N–H and O–H groups in total. The highest BCUT2D eigenvalue weighted by atomic mass is 16.7. The second-order valence-corrected chi connectivity index (χ2v) is 6.85. The first-order chi connectivity index (χ1) is 13.3. The molecule has 0 aliphatic carbocycles. The molecule has 0 aromatic heterocycles. The summed E-state index contributed by atoms with van der Waals surface area (Å²) in [6.45, 7) is 5.31. The third-order valence-corrected chi connectivity index (χ3v) is 4.82. The first-order valence-electron chi connectivity index (χ1n) is 9.29. The SMILES string of the molecule is O=C(Cc1ccc2c(c1)OCO2)NCc1ccc(CN2CCOCC2)cc1. The van der Waals surface area contributed by atoms with E-state index in [1.165, 1.54) is 5.56 Å². The van der Waals surface area contributed by atoms with Gasteiger partial charge in [0, 0.05) is 26.2 Å². The number of carbonyl (C=O) groups is 1. The Balaban J connectivity index is 1.25. The molecule has 1 amide bonds. The standard InChI is InChI=1S/C21H24N2O4/c24-21(12-18-5-6-19-20(11-18)27-15-26-19)22-13-16-1-3-17(4-2-16)14-23-7-9-25-10-8-23/h1-6,11H,7-10,12-15H2,(H,22,24). The van der Waals surface area contributed by atoms with Crippen molar-refractivity contribution in [2.24, 2.45) is 0 Å². The zero-order chi connectivity index (χ0) is 18.5. The Labute approximate surface area is 159 Å². The lowest BCUT2D eigenvalue weighted by atomic mass is 10.1. The van der Waals surface area contributed by atoms with Crippen molar-refractivity contribution in [2.45, 2.75) is 19.5 Å². The van der Waals surface area contributed by atoms with Gasteiger partial charge in [0.05, 0.1) is 19.6 Å². The van der Waals surface area contributed by atoms with E-state index in [9.17, 15) is 4.79 Å². The van der Waals surface area contributed by atoms with Gasteiger partial charge in [-0.15, -0.1) is 0 Å². The molecule has 0 radical (unpaired) electrons. The highest BCUT2D eigenvalue weighted by Gasteiger charge is 2.14. The quantitative estimate of drug-likeness (QED) is 0.846. The normalized spacial score (nSPS) is 16.3. The minimum absolute atomic E-state index is 0.00809. The fourth-order valence-corrected chi connectivity index (χ4v) is 3.28. The van der Waals surface area contributed by atoms with Crippen LogP contribution in [0.1, 0.15) is 16.7 Å². The van der Waals surface area contributed by atoms with Gasteiger partial charge in [-0.2, -0.15) is 0 Å². The van der Waals surface area contributed by atoms with Gasteiger partial charge >= 0.3 is 0 Å². The maximum Gasteiger partial charge on any atom is 0.231 e. The smallest absolute Gasteiger partial charge is 0.231 e. The Morgan fingerprint density at radius 2 is 1.63 bits per heavy atom. The van der Waals surface area contributed by atoms with E-state index in [0.29, 0.717) is 18.7 Å². The highest BCUT2D eigenvalue weighted by molar-refractivity contribution is 5.78. The molecule has 4 rings (SSSR count). The fourth-order valence-electron chi connectivity index (χ4n) is 3.28. The van der Waals surface area contributed by atoms with Crippen molar-refractivity contribution < 1.29 is 19.0 Å². The molecule has 1 saturated heterocycles. The van der Waals surface area contributed by atoms with Crippen molar-refractivity contribution in [3.8, 4) is 11.5 Å². The second-order valence-electron chi connectivity index (χ2n) is 6.85. The average molecular weight is 368 g/mol. The van der Waals surface area contributed by atoms with Crippen molar-refractivity contribution in [2.75, 3.05) is 33.1 Å². The van der Waals surface area contributed by atoms with Crippen molar-refractivity contribution in [3.63, 3.8) is 0 Å². The van der Waals surface area contributed by atoms with Crippen LogP contribution < -0.4 is 14.8 Å². The molecule has 27 heavy (non-hydrogen) atoms. The predicted octanol–water partition coefficient (Wildman–Crippen LogP) is 2.11. The summed E-state index contributed by atoms with van der Waals surface area (Å²) in [4.78, 5) is 14.6. The van der Waals surface area contributed by atoms with Crippen LogP contribution in [-0.4, -0.2) is 43.9 Å². The maximum absolute atomic E-state index is 12.2. The number of nitrogens with one attached hydrogen (secondary N) is 1. The van der Waals surface area contributed by atoms with E-state index in [2.05, 4.69) is 34.5 Å². The molecule has 2 aliphatic rings. The van der Waals surface area contributed by atoms with E-state index in [-0.39, 0.29) is 12.7 Å². The van der Waals surface area contributed by atoms with E-state index < -0.39 is 0 Å². The number of hydrogen-bond donors (Lipinski definition) is 1. The summed E-state index contributed by atoms with van der Waals surface area (Å²) in [5, 5.41) is 2.98. The molecule has 2 aromatic rings. The summed E-state index contributed by atoms with van der Waals surface area (Å²) in [5.41, 5.74) is 3.30. The van der Waals surface area contributed by atoms with Crippen LogP contribution in [0.15, 0.2) is 42.5 Å². The number of nitrogens with zero attached hydrogens (tertiary/aromatic N) is 1. The molecule has 0 unspecified atom stereocenters. The largest absolute Gasteiger partial charge is 0.454 e. The minimum atomic E-state index is -0.00809. The summed E-state index contributed by atoms with van der Waals surface area (Å²) in [6, 6.07) is 14.0. The monoisotopic (exact) mass is 368 g/mol. The van der Waals surface area contributed by atoms with Crippen LogP contribution in [0.25, 0.3) is 0 Å². The minimum Gasteiger partial charge on any atom is -0.454 e. The molecule has 6 nitrogen and oxygen atoms in total. The van der Waals surface area contributed by atoms with Gasteiger partial charge in [0.15, 0.2) is 11.5 Å². The van der Waals surface area contributed by atoms with Crippen LogP contribution in [-0.2, 0) is 29.0 Å². The summed E-state index contributed by atoms with van der Waals surface area (Å²) in [6.07, 6.45) is 0.325. The molecule has 0 saturated carbocycles. The van der Waals surface area contributed by atoms with Crippen LogP contribution in [0.5, 0.6) is 11.5 Å². The molecule has 0 spiro atoms. The van der Waals surface area contributed by atoms with Crippen LogP contribution >= 0.6 is 0 Å². The van der Waals surface area contributed by atoms with Gasteiger partial charge in [-0.05, 0) is 28.8 Å². The molecule has 0 atom stereocenters. The second kappa shape index (κ2) is 8.41. The van der Waals surface area contributed by atoms with Crippen molar-refractivity contribution >= 4 is 5.91 Å². The van der Waals surface area contributed by atoms with Crippen molar-refractivity contribution in [3.05, 3.63) is 59.2 Å². The van der Waals surface area contributed by atoms with Crippen molar-refractivity contribution in [1.29, 1.82) is 0 Å². The third-order valence-electron chi connectivity index (χ3n) is 4.82. The number of morpholine rings is 1. The number of ether oxygens (including phenoxy) is 3. The lowest BCUT2D eigenvalue weighted by Gasteiger charge is -2.26. The van der Waals surface area contributed by atoms with Gasteiger partial charge < -0.3 is 19.5 Å². The number of amides is 1. The maximum atomic E-state index is 12.2. The van der Waals surface area contributed by atoms with Gasteiger partial charge in [-0.3, -0.25) is 9.69 Å². The molecule has 2 aliphatic heterocycles. The molecule has 0 bridgehead atoms. The zero-order valence-electron chi connectivity index (χ0n) is 15.3. The Kier molecular flexibility index (Phi) is 5.55. The lowest BCUT2D eigenvalue weighted by Crippen LogP contribution is -2.35. The van der Waals surface area contributed by atoms with E-state index in [0.717, 1.165) is 49.7 Å². The van der Waals surface area contributed by atoms with Crippen LogP contribution in [0.3, 0.4) is 0 Å². The number of hydrogen-bond acceptors (Lipinski definition) is 5. The number of fused-ring (bicyclic) bond motifs is 1. The van der Waals surface area contributed by atoms with E-state index in [1.807, 2.05) is 18.2 Å². The van der Waals surface area contributed by atoms with E-state index >= 15 is 0 Å². The van der Waals surface area contributed by atoms with E-state index in [1.54, 1.807) is 0 Å². The summed E-state index contributed by atoms with van der Waals surface area (Å²) < 4.78 is 16.0. The fraction of sp³-hybridized carbons (Fsp3) is 0.381. The van der Waals surface area contributed by atoms with Crippen LogP contribution in [0.2, 0.25) is 0 Å². The Hall–Kier alpha value is -2.57. The van der Waals surface area contributed by atoms with Crippen LogP contribution in [0, 0.1) is 0 Å². The molecule has 142 valence electrons. The molecule has 2 aromatic carbocycles. The van der Waals surface area contributed by atoms with Gasteiger partial charge in [-0.25, -0.2) is 0 Å². The topological polar surface area (TPSA) is 60.0 Å². The van der Waals surface area contributed by atoms with Gasteiger partial charge in [-0.1, -0.05) is 30.3 Å². The average Bonchev–Trinajstić information content (AvgIpc) is 3.16.